The summed E-state index contributed by atoms with van der Waals surface area (Å²) in [7, 11) is 0. The van der Waals surface area contributed by atoms with Crippen molar-refractivity contribution >= 4 is 27.2 Å². The van der Waals surface area contributed by atoms with E-state index in [2.05, 4.69) is 59.7 Å². The Balaban J connectivity index is 1.78. The zero-order chi connectivity index (χ0) is 13.1. The normalized spacial score (nSPS) is 10.8. The maximum Gasteiger partial charge on any atom is 0.113 e. The van der Waals surface area contributed by atoms with Crippen LogP contribution >= 0.6 is 11.3 Å². The Hall–Kier alpha value is -1.87. The van der Waals surface area contributed by atoms with Gasteiger partial charge in [-0.15, -0.1) is 11.3 Å². The predicted molar refractivity (Wildman–Crippen MR) is 82.8 cm³/mol. The quantitative estimate of drug-likeness (QED) is 0.755. The van der Waals surface area contributed by atoms with Gasteiger partial charge in [0.05, 0.1) is 16.8 Å². The van der Waals surface area contributed by atoms with Crippen LogP contribution in [0.2, 0.25) is 0 Å². The van der Waals surface area contributed by atoms with E-state index in [9.17, 15) is 0 Å². The van der Waals surface area contributed by atoms with Crippen LogP contribution in [0.3, 0.4) is 0 Å². The fraction of sp³-hybridized carbons (Fsp3) is 0.188. The average molecular weight is 268 g/mol. The van der Waals surface area contributed by atoms with Crippen molar-refractivity contribution in [3.8, 4) is 0 Å². The molecule has 2 nitrogen and oxygen atoms in total. The van der Waals surface area contributed by atoms with Gasteiger partial charge in [0.1, 0.15) is 5.01 Å². The molecule has 19 heavy (non-hydrogen) atoms. The minimum atomic E-state index is 0.788. The number of nitrogens with zero attached hydrogens (tertiary/aromatic N) is 1. The van der Waals surface area contributed by atoms with Gasteiger partial charge in [0.15, 0.2) is 0 Å². The number of hydrogen-bond acceptors (Lipinski definition) is 3. The van der Waals surface area contributed by atoms with E-state index < -0.39 is 0 Å². The van der Waals surface area contributed by atoms with Gasteiger partial charge >= 0.3 is 0 Å². The molecule has 0 saturated heterocycles. The molecule has 0 radical (unpaired) electrons. The Kier molecular flexibility index (Phi) is 3.47. The Morgan fingerprint density at radius 2 is 1.84 bits per heavy atom. The van der Waals surface area contributed by atoms with Crippen molar-refractivity contribution in [1.82, 2.24) is 4.98 Å². The van der Waals surface area contributed by atoms with Crippen LogP contribution in [-0.4, -0.2) is 4.98 Å². The Morgan fingerprint density at radius 3 is 2.68 bits per heavy atom. The molecule has 0 aliphatic heterocycles. The molecule has 0 amide bonds. The third-order valence-electron chi connectivity index (χ3n) is 3.17. The molecule has 0 atom stereocenters. The third-order valence-corrected chi connectivity index (χ3v) is 4.20. The molecule has 1 N–H and O–H groups in total. The van der Waals surface area contributed by atoms with Gasteiger partial charge in [-0.25, -0.2) is 4.98 Å². The number of thiazole rings is 1. The van der Waals surface area contributed by atoms with Crippen LogP contribution in [0.5, 0.6) is 0 Å². The first-order valence-corrected chi connectivity index (χ1v) is 7.34. The lowest BCUT2D eigenvalue weighted by Crippen LogP contribution is -2.01. The Labute approximate surface area is 117 Å². The van der Waals surface area contributed by atoms with Gasteiger partial charge in [-0.1, -0.05) is 37.3 Å². The zero-order valence-corrected chi connectivity index (χ0v) is 11.7. The molecule has 1 aromatic heterocycles. The lowest BCUT2D eigenvalue weighted by Gasteiger charge is -2.08. The molecule has 3 heteroatoms. The van der Waals surface area contributed by atoms with Crippen LogP contribution in [0.4, 0.5) is 5.69 Å². The number of rotatable bonds is 4. The number of para-hydroxylation sites is 2. The fourth-order valence-electron chi connectivity index (χ4n) is 2.17. The van der Waals surface area contributed by atoms with Crippen molar-refractivity contribution in [2.24, 2.45) is 0 Å². The second-order valence-electron chi connectivity index (χ2n) is 4.44. The van der Waals surface area contributed by atoms with Crippen LogP contribution in [0.25, 0.3) is 10.2 Å². The van der Waals surface area contributed by atoms with E-state index in [-0.39, 0.29) is 0 Å². The first kappa shape index (κ1) is 12.2. The standard InChI is InChI=1S/C16H16N2S/c1-2-12-7-3-4-8-13(12)17-11-16-18-14-9-5-6-10-15(14)19-16/h3-10,17H,2,11H2,1H3. The zero-order valence-electron chi connectivity index (χ0n) is 10.9. The molecule has 0 unspecified atom stereocenters. The van der Waals surface area contributed by atoms with Gasteiger partial charge in [0.2, 0.25) is 0 Å². The molecule has 2 aromatic carbocycles. The van der Waals surface area contributed by atoms with Gasteiger partial charge < -0.3 is 5.32 Å². The Morgan fingerprint density at radius 1 is 1.05 bits per heavy atom. The second kappa shape index (κ2) is 5.41. The lowest BCUT2D eigenvalue weighted by atomic mass is 10.1. The molecular weight excluding hydrogens is 252 g/mol. The van der Waals surface area contributed by atoms with Crippen LogP contribution < -0.4 is 5.32 Å². The first-order chi connectivity index (χ1) is 9.36. The second-order valence-corrected chi connectivity index (χ2v) is 5.55. The number of aryl methyl sites for hydroxylation is 1. The number of hydrogen-bond donors (Lipinski definition) is 1. The van der Waals surface area contributed by atoms with E-state index in [4.69, 9.17) is 0 Å². The number of anilines is 1. The van der Waals surface area contributed by atoms with Crippen LogP contribution in [0.15, 0.2) is 48.5 Å². The largest absolute Gasteiger partial charge is 0.378 e. The van der Waals surface area contributed by atoms with Gasteiger partial charge in [-0.3, -0.25) is 0 Å². The van der Waals surface area contributed by atoms with E-state index >= 15 is 0 Å². The van der Waals surface area contributed by atoms with Crippen molar-refractivity contribution < 1.29 is 0 Å². The summed E-state index contributed by atoms with van der Waals surface area (Å²) in [6.07, 6.45) is 1.04. The number of aromatic nitrogens is 1. The Bertz CT molecular complexity index is 655. The number of benzene rings is 2. The molecule has 0 spiro atoms. The summed E-state index contributed by atoms with van der Waals surface area (Å²) < 4.78 is 1.25. The summed E-state index contributed by atoms with van der Waals surface area (Å²) in [5.41, 5.74) is 3.65. The summed E-state index contributed by atoms with van der Waals surface area (Å²) in [5.74, 6) is 0. The van der Waals surface area contributed by atoms with Crippen LogP contribution in [0.1, 0.15) is 17.5 Å². The average Bonchev–Trinajstić information content (AvgIpc) is 2.88. The van der Waals surface area contributed by atoms with E-state index in [0.717, 1.165) is 23.5 Å². The number of fused-ring (bicyclic) bond motifs is 1. The molecule has 3 rings (SSSR count). The molecule has 96 valence electrons. The molecule has 0 saturated carbocycles. The van der Waals surface area contributed by atoms with E-state index in [0.29, 0.717) is 0 Å². The van der Waals surface area contributed by atoms with Crippen molar-refractivity contribution in [1.29, 1.82) is 0 Å². The SMILES string of the molecule is CCc1ccccc1NCc1nc2ccccc2s1. The number of nitrogens with one attached hydrogen (secondary N) is 1. The maximum absolute atomic E-state index is 4.64. The lowest BCUT2D eigenvalue weighted by molar-refractivity contribution is 1.08. The van der Waals surface area contributed by atoms with Gasteiger partial charge in [-0.2, -0.15) is 0 Å². The van der Waals surface area contributed by atoms with Crippen molar-refractivity contribution in [3.05, 3.63) is 59.1 Å². The topological polar surface area (TPSA) is 24.9 Å². The third kappa shape index (κ3) is 2.61. The summed E-state index contributed by atoms with van der Waals surface area (Å²) in [4.78, 5) is 4.64. The van der Waals surface area contributed by atoms with Gasteiger partial charge in [0.25, 0.3) is 0 Å². The molecular formula is C16H16N2S. The van der Waals surface area contributed by atoms with Crippen LogP contribution in [-0.2, 0) is 13.0 Å². The maximum atomic E-state index is 4.64. The summed E-state index contributed by atoms with van der Waals surface area (Å²) in [5, 5.41) is 4.62. The molecule has 3 aromatic rings. The van der Waals surface area contributed by atoms with Crippen molar-refractivity contribution in [2.75, 3.05) is 5.32 Å². The highest BCUT2D eigenvalue weighted by molar-refractivity contribution is 7.18. The highest BCUT2D eigenvalue weighted by Gasteiger charge is 2.04. The highest BCUT2D eigenvalue weighted by Crippen LogP contribution is 2.23. The summed E-state index contributed by atoms with van der Waals surface area (Å²) in [6, 6.07) is 16.7. The van der Waals surface area contributed by atoms with Gasteiger partial charge in [-0.05, 0) is 30.2 Å². The van der Waals surface area contributed by atoms with E-state index in [1.54, 1.807) is 11.3 Å². The van der Waals surface area contributed by atoms with Crippen molar-refractivity contribution in [3.63, 3.8) is 0 Å². The summed E-state index contributed by atoms with van der Waals surface area (Å²) in [6.45, 7) is 2.97. The van der Waals surface area contributed by atoms with Crippen molar-refractivity contribution in [2.45, 2.75) is 19.9 Å². The monoisotopic (exact) mass is 268 g/mol. The minimum Gasteiger partial charge on any atom is -0.378 e. The predicted octanol–water partition coefficient (Wildman–Crippen LogP) is 4.47. The van der Waals surface area contributed by atoms with E-state index in [1.807, 2.05) is 6.07 Å². The molecule has 0 aliphatic carbocycles. The molecule has 0 bridgehead atoms. The minimum absolute atomic E-state index is 0.788. The summed E-state index contributed by atoms with van der Waals surface area (Å²) >= 11 is 1.76. The molecule has 0 aliphatic rings. The molecule has 0 fully saturated rings. The van der Waals surface area contributed by atoms with Gasteiger partial charge in [0, 0.05) is 5.69 Å². The fourth-order valence-corrected chi connectivity index (χ4v) is 3.07. The van der Waals surface area contributed by atoms with Crippen LogP contribution in [0, 0.1) is 0 Å². The molecule has 1 heterocycles. The smallest absolute Gasteiger partial charge is 0.113 e. The highest BCUT2D eigenvalue weighted by atomic mass is 32.1. The van der Waals surface area contributed by atoms with E-state index in [1.165, 1.54) is 16.0 Å². The first-order valence-electron chi connectivity index (χ1n) is 6.53.